The van der Waals surface area contributed by atoms with Crippen LogP contribution >= 0.6 is 12.2 Å². The van der Waals surface area contributed by atoms with Gasteiger partial charge in [0, 0.05) is 36.0 Å². The van der Waals surface area contributed by atoms with E-state index in [4.69, 9.17) is 21.4 Å². The summed E-state index contributed by atoms with van der Waals surface area (Å²) in [5.41, 5.74) is 4.43. The number of benzene rings is 3. The summed E-state index contributed by atoms with van der Waals surface area (Å²) in [6, 6.07) is 17.8. The van der Waals surface area contributed by atoms with Gasteiger partial charge in [0.2, 0.25) is 5.89 Å². The van der Waals surface area contributed by atoms with Gasteiger partial charge in [0.1, 0.15) is 11.2 Å². The topological polar surface area (TPSA) is 123 Å². The molecular weight excluding hydrogens is 530 g/mol. The number of nitro benzene ring substituents is 1. The highest BCUT2D eigenvalue weighted by molar-refractivity contribution is 7.80. The van der Waals surface area contributed by atoms with Crippen LogP contribution in [0.1, 0.15) is 36.7 Å². The van der Waals surface area contributed by atoms with E-state index in [2.05, 4.69) is 48.5 Å². The van der Waals surface area contributed by atoms with E-state index in [9.17, 15) is 14.9 Å². The van der Waals surface area contributed by atoms with Crippen molar-refractivity contribution in [3.05, 3.63) is 81.9 Å². The molecule has 2 heterocycles. The van der Waals surface area contributed by atoms with Gasteiger partial charge in [0.15, 0.2) is 10.7 Å². The van der Waals surface area contributed by atoms with E-state index in [1.165, 1.54) is 11.6 Å². The number of nitrogens with zero attached hydrogens (tertiary/aromatic N) is 3. The van der Waals surface area contributed by atoms with Crippen LogP contribution in [-0.4, -0.2) is 47.2 Å². The van der Waals surface area contributed by atoms with Crippen molar-refractivity contribution < 1.29 is 18.9 Å². The fourth-order valence-corrected chi connectivity index (χ4v) is 4.67. The predicted molar refractivity (Wildman–Crippen MR) is 158 cm³/mol. The number of carbonyl (C=O) groups is 1. The Labute approximate surface area is 236 Å². The minimum atomic E-state index is -0.558. The molecule has 0 saturated carbocycles. The maximum atomic E-state index is 12.8. The van der Waals surface area contributed by atoms with Crippen molar-refractivity contribution in [3.8, 4) is 11.5 Å². The number of nitro groups is 1. The van der Waals surface area contributed by atoms with Gasteiger partial charge < -0.3 is 19.4 Å². The highest BCUT2D eigenvalue weighted by atomic mass is 32.1. The Morgan fingerprint density at radius 1 is 1.05 bits per heavy atom. The number of hydrogen-bond donors (Lipinski definition) is 2. The summed E-state index contributed by atoms with van der Waals surface area (Å²) in [4.78, 5) is 30.6. The maximum Gasteiger partial charge on any atom is 0.293 e. The summed E-state index contributed by atoms with van der Waals surface area (Å²) in [7, 11) is 0. The Balaban J connectivity index is 1.27. The van der Waals surface area contributed by atoms with Crippen LogP contribution in [0.2, 0.25) is 0 Å². The third-order valence-electron chi connectivity index (χ3n) is 6.66. The molecule has 1 aliphatic rings. The molecule has 2 N–H and O–H groups in total. The number of ether oxygens (including phenoxy) is 1. The first-order chi connectivity index (χ1) is 19.1. The molecule has 0 aliphatic carbocycles. The lowest BCUT2D eigenvalue weighted by molar-refractivity contribution is -0.384. The third-order valence-corrected chi connectivity index (χ3v) is 6.86. The average Bonchev–Trinajstić information content (AvgIpc) is 3.36. The largest absolute Gasteiger partial charge is 0.436 e. The summed E-state index contributed by atoms with van der Waals surface area (Å²) in [6.07, 6.45) is 0. The smallest absolute Gasteiger partial charge is 0.293 e. The van der Waals surface area contributed by atoms with Crippen LogP contribution in [0.5, 0.6) is 0 Å². The number of carbonyl (C=O) groups excluding carboxylic acids is 1. The Hall–Kier alpha value is -4.35. The number of hydrogen-bond acceptors (Lipinski definition) is 8. The molecule has 5 rings (SSSR count). The molecule has 4 aromatic rings. The second-order valence-electron chi connectivity index (χ2n) is 10.5. The highest BCUT2D eigenvalue weighted by Gasteiger charge is 2.24. The fourth-order valence-electron chi connectivity index (χ4n) is 4.46. The highest BCUT2D eigenvalue weighted by Crippen LogP contribution is 2.31. The van der Waals surface area contributed by atoms with Crippen molar-refractivity contribution in [2.24, 2.45) is 0 Å². The monoisotopic (exact) mass is 559 g/mol. The maximum absolute atomic E-state index is 12.8. The molecular formula is C29H29N5O5S. The zero-order valence-corrected chi connectivity index (χ0v) is 23.2. The molecule has 0 atom stereocenters. The first kappa shape index (κ1) is 27.2. The van der Waals surface area contributed by atoms with Gasteiger partial charge in [0.05, 0.1) is 18.1 Å². The quantitative estimate of drug-likeness (QED) is 0.181. The van der Waals surface area contributed by atoms with Crippen molar-refractivity contribution in [2.75, 3.05) is 36.5 Å². The lowest BCUT2D eigenvalue weighted by Crippen LogP contribution is -2.37. The zero-order chi connectivity index (χ0) is 28.4. The van der Waals surface area contributed by atoms with Crippen LogP contribution in [0.3, 0.4) is 0 Å². The fraction of sp³-hybridized carbons (Fsp3) is 0.276. The van der Waals surface area contributed by atoms with Gasteiger partial charge in [-0.15, -0.1) is 0 Å². The third kappa shape index (κ3) is 5.95. The summed E-state index contributed by atoms with van der Waals surface area (Å²) in [5.74, 6) is -0.0526. The van der Waals surface area contributed by atoms with E-state index in [-0.39, 0.29) is 21.8 Å². The number of nitrogens with one attached hydrogen (secondary N) is 2. The number of aromatic nitrogens is 1. The van der Waals surface area contributed by atoms with Gasteiger partial charge in [0.25, 0.3) is 11.6 Å². The number of amides is 1. The van der Waals surface area contributed by atoms with Gasteiger partial charge >= 0.3 is 0 Å². The van der Waals surface area contributed by atoms with Crippen LogP contribution in [0.15, 0.2) is 65.1 Å². The second kappa shape index (κ2) is 11.0. The van der Waals surface area contributed by atoms with E-state index in [1.807, 2.05) is 17.0 Å². The standard InChI is InChI=1S/C29H29N5O5S/c1-29(2,3)20-7-4-18(5-8-20)27-31-22-17-21(9-11-25(22)39-27)30-28(40)32-26(35)19-6-10-23(24(16-19)34(36)37)33-12-14-38-15-13-33/h4-11,16-17H,12-15H2,1-3H3,(H2,30,32,35,40). The first-order valence-electron chi connectivity index (χ1n) is 12.8. The Morgan fingerprint density at radius 3 is 2.45 bits per heavy atom. The van der Waals surface area contributed by atoms with E-state index in [0.29, 0.717) is 54.7 Å². The van der Waals surface area contributed by atoms with Crippen LogP contribution in [0.25, 0.3) is 22.6 Å². The summed E-state index contributed by atoms with van der Waals surface area (Å²) in [5, 5.41) is 17.3. The van der Waals surface area contributed by atoms with E-state index in [1.54, 1.807) is 30.3 Å². The molecule has 0 spiro atoms. The molecule has 40 heavy (non-hydrogen) atoms. The number of fused-ring (bicyclic) bond motifs is 1. The second-order valence-corrected chi connectivity index (χ2v) is 10.9. The van der Waals surface area contributed by atoms with Crippen molar-refractivity contribution in [2.45, 2.75) is 26.2 Å². The van der Waals surface area contributed by atoms with E-state index in [0.717, 1.165) is 5.56 Å². The molecule has 0 unspecified atom stereocenters. The Bertz CT molecular complexity index is 1590. The van der Waals surface area contributed by atoms with Crippen LogP contribution < -0.4 is 15.5 Å². The van der Waals surface area contributed by atoms with Crippen molar-refractivity contribution in [1.82, 2.24) is 10.3 Å². The van der Waals surface area contributed by atoms with Crippen LogP contribution in [0, 0.1) is 10.1 Å². The molecule has 1 fully saturated rings. The van der Waals surface area contributed by atoms with Crippen molar-refractivity contribution in [3.63, 3.8) is 0 Å². The molecule has 0 bridgehead atoms. The number of anilines is 2. The minimum Gasteiger partial charge on any atom is -0.436 e. The lowest BCUT2D eigenvalue weighted by Gasteiger charge is -2.28. The molecule has 206 valence electrons. The molecule has 1 saturated heterocycles. The lowest BCUT2D eigenvalue weighted by atomic mass is 9.87. The molecule has 1 amide bonds. The Kier molecular flexibility index (Phi) is 7.51. The molecule has 11 heteroatoms. The zero-order valence-electron chi connectivity index (χ0n) is 22.4. The van der Waals surface area contributed by atoms with Gasteiger partial charge in [-0.1, -0.05) is 32.9 Å². The van der Waals surface area contributed by atoms with Crippen LogP contribution in [-0.2, 0) is 10.2 Å². The number of morpholine rings is 1. The summed E-state index contributed by atoms with van der Waals surface area (Å²) >= 11 is 5.33. The van der Waals surface area contributed by atoms with Gasteiger partial charge in [-0.25, -0.2) is 4.98 Å². The SMILES string of the molecule is CC(C)(C)c1ccc(-c2nc3cc(NC(=S)NC(=O)c4ccc(N5CCOCC5)c([N+](=O)[O-])c4)ccc3o2)cc1. The van der Waals surface area contributed by atoms with Crippen molar-refractivity contribution >= 4 is 51.4 Å². The summed E-state index contributed by atoms with van der Waals surface area (Å²) in [6.45, 7) is 8.55. The molecule has 1 aromatic heterocycles. The predicted octanol–water partition coefficient (Wildman–Crippen LogP) is 5.66. The summed E-state index contributed by atoms with van der Waals surface area (Å²) < 4.78 is 11.3. The number of oxazole rings is 1. The normalized spacial score (nSPS) is 13.7. The van der Waals surface area contributed by atoms with Gasteiger partial charge in [-0.2, -0.15) is 0 Å². The molecule has 1 aliphatic heterocycles. The molecule has 10 nitrogen and oxygen atoms in total. The number of thiocarbonyl (C=S) groups is 1. The first-order valence-corrected chi connectivity index (χ1v) is 13.2. The van der Waals surface area contributed by atoms with E-state index < -0.39 is 10.8 Å². The van der Waals surface area contributed by atoms with Gasteiger partial charge in [-0.05, 0) is 65.7 Å². The molecule has 0 radical (unpaired) electrons. The van der Waals surface area contributed by atoms with Gasteiger partial charge in [-0.3, -0.25) is 20.2 Å². The van der Waals surface area contributed by atoms with Crippen molar-refractivity contribution in [1.29, 1.82) is 0 Å². The minimum absolute atomic E-state index is 0.0470. The number of rotatable bonds is 5. The van der Waals surface area contributed by atoms with Crippen LogP contribution in [0.4, 0.5) is 17.1 Å². The van der Waals surface area contributed by atoms with E-state index >= 15 is 0 Å². The molecule has 3 aromatic carbocycles. The Morgan fingerprint density at radius 2 is 1.77 bits per heavy atom. The average molecular weight is 560 g/mol.